The molecule has 0 fully saturated rings. The van der Waals surface area contributed by atoms with Gasteiger partial charge in [-0.25, -0.2) is 8.78 Å². The zero-order valence-corrected chi connectivity index (χ0v) is 6.88. The molecule has 1 rings (SSSR count). The van der Waals surface area contributed by atoms with Gasteiger partial charge in [0.25, 0.3) is 12.3 Å². The van der Waals surface area contributed by atoms with Crippen LogP contribution < -0.4 is 16.9 Å². The Morgan fingerprint density at radius 3 is 2.50 bits per heavy atom. The average molecular weight is 203 g/mol. The molecular weight excluding hydrogens is 196 g/mol. The van der Waals surface area contributed by atoms with E-state index in [-0.39, 0.29) is 5.69 Å². The van der Waals surface area contributed by atoms with Crippen molar-refractivity contribution in [2.24, 2.45) is 5.73 Å². The van der Waals surface area contributed by atoms with E-state index in [4.69, 9.17) is 11.5 Å². The van der Waals surface area contributed by atoms with Crippen molar-refractivity contribution in [2.75, 3.05) is 5.73 Å². The highest BCUT2D eigenvalue weighted by molar-refractivity contribution is 5.94. The summed E-state index contributed by atoms with van der Waals surface area (Å²) in [5, 5.41) is 0. The predicted octanol–water partition coefficient (Wildman–Crippen LogP) is -0.00640. The molecule has 1 aromatic rings. The topological polar surface area (TPSA) is 102 Å². The first kappa shape index (κ1) is 10.2. The number of nitrogens with one attached hydrogen (secondary N) is 1. The summed E-state index contributed by atoms with van der Waals surface area (Å²) in [6.07, 6.45) is -2.08. The van der Waals surface area contributed by atoms with Gasteiger partial charge in [-0.15, -0.1) is 0 Å². The minimum atomic E-state index is -2.98. The number of halogens is 2. The summed E-state index contributed by atoms with van der Waals surface area (Å²) in [6, 6.07) is 0. The molecule has 0 saturated carbocycles. The third-order valence-electron chi connectivity index (χ3n) is 1.61. The molecule has 0 aromatic carbocycles. The molecule has 1 amide bonds. The number of pyridine rings is 1. The van der Waals surface area contributed by atoms with Crippen LogP contribution in [-0.4, -0.2) is 10.9 Å². The molecule has 0 aliphatic carbocycles. The monoisotopic (exact) mass is 203 g/mol. The van der Waals surface area contributed by atoms with Crippen molar-refractivity contribution in [3.63, 3.8) is 0 Å². The van der Waals surface area contributed by atoms with Crippen LogP contribution >= 0.6 is 0 Å². The van der Waals surface area contributed by atoms with Gasteiger partial charge in [0.15, 0.2) is 0 Å². The van der Waals surface area contributed by atoms with Crippen molar-refractivity contribution in [3.8, 4) is 0 Å². The van der Waals surface area contributed by atoms with Gasteiger partial charge in [0.05, 0.1) is 11.4 Å². The van der Waals surface area contributed by atoms with Gasteiger partial charge < -0.3 is 16.5 Å². The molecule has 0 saturated heterocycles. The fraction of sp³-hybridized carbons (Fsp3) is 0.143. The van der Waals surface area contributed by atoms with E-state index in [0.717, 1.165) is 6.20 Å². The van der Waals surface area contributed by atoms with Crippen LogP contribution in [0.5, 0.6) is 0 Å². The van der Waals surface area contributed by atoms with Gasteiger partial charge in [-0.2, -0.15) is 0 Å². The van der Waals surface area contributed by atoms with Crippen LogP contribution in [0.3, 0.4) is 0 Å². The number of carbonyl (C=O) groups excluding carboxylic acids is 1. The number of anilines is 1. The number of hydrogen-bond donors (Lipinski definition) is 3. The fourth-order valence-electron chi connectivity index (χ4n) is 0.977. The van der Waals surface area contributed by atoms with Gasteiger partial charge in [-0.3, -0.25) is 9.59 Å². The molecule has 0 spiro atoms. The molecule has 0 unspecified atom stereocenters. The number of carbonyl (C=O) groups is 1. The van der Waals surface area contributed by atoms with Crippen molar-refractivity contribution >= 4 is 11.6 Å². The van der Waals surface area contributed by atoms with Crippen molar-refractivity contribution in [3.05, 3.63) is 27.7 Å². The number of H-pyrrole nitrogens is 1. The van der Waals surface area contributed by atoms with E-state index < -0.39 is 29.0 Å². The van der Waals surface area contributed by atoms with Crippen LogP contribution in [0, 0.1) is 0 Å². The largest absolute Gasteiger partial charge is 0.394 e. The van der Waals surface area contributed by atoms with Crippen LogP contribution in [0.2, 0.25) is 0 Å². The maximum absolute atomic E-state index is 12.3. The molecule has 5 N–H and O–H groups in total. The smallest absolute Gasteiger partial charge is 0.279 e. The van der Waals surface area contributed by atoms with Crippen molar-refractivity contribution in [1.82, 2.24) is 4.98 Å². The van der Waals surface area contributed by atoms with Crippen molar-refractivity contribution < 1.29 is 13.6 Å². The van der Waals surface area contributed by atoms with Gasteiger partial charge in [0.1, 0.15) is 5.56 Å². The van der Waals surface area contributed by atoms with Gasteiger partial charge in [-0.1, -0.05) is 0 Å². The third kappa shape index (κ3) is 1.56. The number of aromatic amines is 1. The first-order valence-corrected chi connectivity index (χ1v) is 3.54. The number of hydrogen-bond acceptors (Lipinski definition) is 3. The van der Waals surface area contributed by atoms with Crippen molar-refractivity contribution in [2.45, 2.75) is 6.43 Å². The Labute approximate surface area is 76.7 Å². The second-order valence-corrected chi connectivity index (χ2v) is 2.53. The summed E-state index contributed by atoms with van der Waals surface area (Å²) in [6.45, 7) is 0. The number of rotatable bonds is 2. The van der Waals surface area contributed by atoms with Gasteiger partial charge in [-0.05, 0) is 0 Å². The molecule has 14 heavy (non-hydrogen) atoms. The molecular formula is C7H7F2N3O2. The van der Waals surface area contributed by atoms with Gasteiger partial charge in [0.2, 0.25) is 5.43 Å². The van der Waals surface area contributed by atoms with E-state index in [9.17, 15) is 18.4 Å². The second kappa shape index (κ2) is 3.44. The summed E-state index contributed by atoms with van der Waals surface area (Å²) in [5.41, 5.74) is 6.99. The predicted molar refractivity (Wildman–Crippen MR) is 44.9 cm³/mol. The SMILES string of the molecule is NC(=O)c1c(C(F)F)[nH]cc(N)c1=O. The fourth-order valence-corrected chi connectivity index (χ4v) is 0.977. The summed E-state index contributed by atoms with van der Waals surface area (Å²) >= 11 is 0. The summed E-state index contributed by atoms with van der Waals surface area (Å²) in [5.74, 6) is -1.23. The van der Waals surface area contributed by atoms with Crippen molar-refractivity contribution in [1.29, 1.82) is 0 Å². The lowest BCUT2D eigenvalue weighted by Crippen LogP contribution is -2.26. The Kier molecular flexibility index (Phi) is 2.50. The molecule has 5 nitrogen and oxygen atoms in total. The second-order valence-electron chi connectivity index (χ2n) is 2.53. The summed E-state index contributed by atoms with van der Waals surface area (Å²) in [7, 11) is 0. The van der Waals surface area contributed by atoms with E-state index >= 15 is 0 Å². The van der Waals surface area contributed by atoms with E-state index in [1.54, 1.807) is 0 Å². The van der Waals surface area contributed by atoms with E-state index in [1.807, 2.05) is 0 Å². The van der Waals surface area contributed by atoms with E-state index in [0.29, 0.717) is 0 Å². The summed E-state index contributed by atoms with van der Waals surface area (Å²) in [4.78, 5) is 23.9. The Morgan fingerprint density at radius 2 is 2.07 bits per heavy atom. The Hall–Kier alpha value is -1.92. The first-order valence-electron chi connectivity index (χ1n) is 3.54. The molecule has 0 atom stereocenters. The van der Waals surface area contributed by atoms with E-state index in [1.165, 1.54) is 0 Å². The molecule has 0 aliphatic heterocycles. The molecule has 0 radical (unpaired) electrons. The quantitative estimate of drug-likeness (QED) is 0.630. The standard InChI is InChI=1S/C7H7F2N3O2/c8-6(9)4-3(7(11)14)5(13)2(10)1-12-4/h1,6H,10H2,(H2,11,14)(H,12,13). The Balaban J connectivity index is 3.54. The van der Waals surface area contributed by atoms with Crippen LogP contribution in [0.15, 0.2) is 11.0 Å². The minimum absolute atomic E-state index is 0.330. The molecule has 76 valence electrons. The van der Waals surface area contributed by atoms with Gasteiger partial charge >= 0.3 is 0 Å². The maximum Gasteiger partial charge on any atom is 0.279 e. The van der Waals surface area contributed by atoms with Crippen LogP contribution in [0.25, 0.3) is 0 Å². The molecule has 0 bridgehead atoms. The normalized spacial score (nSPS) is 10.5. The number of alkyl halides is 2. The highest BCUT2D eigenvalue weighted by Gasteiger charge is 2.21. The number of amides is 1. The Morgan fingerprint density at radius 1 is 1.50 bits per heavy atom. The lowest BCUT2D eigenvalue weighted by atomic mass is 10.1. The average Bonchev–Trinajstić information content (AvgIpc) is 2.08. The zero-order valence-electron chi connectivity index (χ0n) is 6.88. The number of nitrogens with two attached hydrogens (primary N) is 2. The zero-order chi connectivity index (χ0) is 10.9. The van der Waals surface area contributed by atoms with Crippen LogP contribution in [0.4, 0.5) is 14.5 Å². The first-order chi connectivity index (χ1) is 6.45. The number of primary amides is 1. The van der Waals surface area contributed by atoms with Crippen LogP contribution in [-0.2, 0) is 0 Å². The van der Waals surface area contributed by atoms with Gasteiger partial charge in [0, 0.05) is 6.20 Å². The third-order valence-corrected chi connectivity index (χ3v) is 1.61. The molecule has 7 heteroatoms. The number of nitrogen functional groups attached to an aromatic ring is 1. The van der Waals surface area contributed by atoms with E-state index in [2.05, 4.69) is 4.98 Å². The highest BCUT2D eigenvalue weighted by Crippen LogP contribution is 2.18. The maximum atomic E-state index is 12.3. The molecule has 0 aliphatic rings. The lowest BCUT2D eigenvalue weighted by molar-refractivity contribution is 0.0981. The highest BCUT2D eigenvalue weighted by atomic mass is 19.3. The lowest BCUT2D eigenvalue weighted by Gasteiger charge is -2.05. The Bertz CT molecular complexity index is 427. The molecule has 1 aromatic heterocycles. The summed E-state index contributed by atoms with van der Waals surface area (Å²) < 4.78 is 24.6. The minimum Gasteiger partial charge on any atom is -0.394 e. The van der Waals surface area contributed by atoms with Crippen LogP contribution in [0.1, 0.15) is 22.5 Å². The number of aromatic nitrogens is 1. The molecule has 1 heterocycles.